The van der Waals surface area contributed by atoms with E-state index in [9.17, 15) is 9.90 Å². The summed E-state index contributed by atoms with van der Waals surface area (Å²) in [6.07, 6.45) is 0. The number of carbonyl (C=O) groups excluding carboxylic acids is 1. The lowest BCUT2D eigenvalue weighted by Gasteiger charge is -2.27. The maximum absolute atomic E-state index is 12.0. The third kappa shape index (κ3) is 5.00. The highest BCUT2D eigenvalue weighted by Crippen LogP contribution is 2.24. The Morgan fingerprint density at radius 2 is 2.15 bits per heavy atom. The fourth-order valence-electron chi connectivity index (χ4n) is 1.91. The van der Waals surface area contributed by atoms with Gasteiger partial charge in [0, 0.05) is 18.7 Å². The van der Waals surface area contributed by atoms with Crippen LogP contribution in [0.3, 0.4) is 0 Å². The molecular formula is C14H21ClN2O3. The van der Waals surface area contributed by atoms with Gasteiger partial charge in [-0.1, -0.05) is 11.6 Å². The van der Waals surface area contributed by atoms with E-state index in [4.69, 9.17) is 16.3 Å². The van der Waals surface area contributed by atoms with Crippen molar-refractivity contribution in [3.63, 3.8) is 0 Å². The number of amides is 1. The molecule has 0 bridgehead atoms. The number of rotatable bonds is 6. The van der Waals surface area contributed by atoms with Gasteiger partial charge >= 0.3 is 0 Å². The van der Waals surface area contributed by atoms with Gasteiger partial charge in [0.2, 0.25) is 0 Å². The minimum atomic E-state index is -0.990. The molecule has 6 heteroatoms. The number of hydrogen-bond acceptors (Lipinski definition) is 4. The topological polar surface area (TPSA) is 61.8 Å². The summed E-state index contributed by atoms with van der Waals surface area (Å²) < 4.78 is 5.07. The lowest BCUT2D eigenvalue weighted by atomic mass is 10.1. The molecule has 0 radical (unpaired) electrons. The van der Waals surface area contributed by atoms with Gasteiger partial charge in [-0.25, -0.2) is 0 Å². The SMILES string of the molecule is COc1cc(C(=O)NCC(C)(O)CN(C)C)ccc1Cl. The first-order valence-electron chi connectivity index (χ1n) is 6.24. The molecule has 0 fully saturated rings. The number of halogens is 1. The zero-order valence-electron chi connectivity index (χ0n) is 12.2. The normalized spacial score (nSPS) is 13.9. The number of methoxy groups -OCH3 is 1. The number of nitrogens with zero attached hydrogens (tertiary/aromatic N) is 1. The first-order chi connectivity index (χ1) is 9.25. The number of ether oxygens (including phenoxy) is 1. The minimum Gasteiger partial charge on any atom is -0.495 e. The summed E-state index contributed by atoms with van der Waals surface area (Å²) in [5, 5.41) is 13.3. The quantitative estimate of drug-likeness (QED) is 0.833. The lowest BCUT2D eigenvalue weighted by molar-refractivity contribution is 0.0326. The highest BCUT2D eigenvalue weighted by Gasteiger charge is 2.22. The molecule has 1 aromatic carbocycles. The first kappa shape index (κ1) is 16.8. The highest BCUT2D eigenvalue weighted by atomic mass is 35.5. The van der Waals surface area contributed by atoms with E-state index in [1.54, 1.807) is 25.1 Å². The van der Waals surface area contributed by atoms with E-state index in [1.807, 2.05) is 19.0 Å². The first-order valence-corrected chi connectivity index (χ1v) is 6.62. The van der Waals surface area contributed by atoms with Gasteiger partial charge in [-0.05, 0) is 39.2 Å². The Kier molecular flexibility index (Phi) is 5.80. The Bertz CT molecular complexity index is 475. The van der Waals surface area contributed by atoms with Crippen LogP contribution >= 0.6 is 11.6 Å². The summed E-state index contributed by atoms with van der Waals surface area (Å²) in [4.78, 5) is 13.9. The molecule has 2 N–H and O–H groups in total. The predicted molar refractivity (Wildman–Crippen MR) is 79.5 cm³/mol. The molecule has 1 amide bonds. The van der Waals surface area contributed by atoms with E-state index in [0.29, 0.717) is 22.9 Å². The van der Waals surface area contributed by atoms with Crippen LogP contribution in [0.2, 0.25) is 5.02 Å². The zero-order chi connectivity index (χ0) is 15.3. The van der Waals surface area contributed by atoms with Gasteiger partial charge in [0.25, 0.3) is 5.91 Å². The van der Waals surface area contributed by atoms with Gasteiger partial charge < -0.3 is 20.1 Å². The van der Waals surface area contributed by atoms with E-state index in [1.165, 1.54) is 7.11 Å². The Hall–Kier alpha value is -1.30. The molecule has 0 aromatic heterocycles. The lowest BCUT2D eigenvalue weighted by Crippen LogP contribution is -2.47. The Balaban J connectivity index is 2.68. The van der Waals surface area contributed by atoms with E-state index < -0.39 is 5.60 Å². The summed E-state index contributed by atoms with van der Waals surface area (Å²) in [7, 11) is 5.21. The van der Waals surface area contributed by atoms with Crippen LogP contribution in [0.25, 0.3) is 0 Å². The Labute approximate surface area is 124 Å². The van der Waals surface area contributed by atoms with Crippen molar-refractivity contribution in [3.05, 3.63) is 28.8 Å². The van der Waals surface area contributed by atoms with Crippen LogP contribution in [-0.2, 0) is 0 Å². The predicted octanol–water partition coefficient (Wildman–Crippen LogP) is 1.39. The van der Waals surface area contributed by atoms with E-state index in [0.717, 1.165) is 0 Å². The van der Waals surface area contributed by atoms with Crippen molar-refractivity contribution in [2.75, 3.05) is 34.3 Å². The largest absolute Gasteiger partial charge is 0.495 e. The van der Waals surface area contributed by atoms with Crippen LogP contribution < -0.4 is 10.1 Å². The standard InChI is InChI=1S/C14H21ClN2O3/c1-14(19,9-17(2)3)8-16-13(18)10-5-6-11(15)12(7-10)20-4/h5-7,19H,8-9H2,1-4H3,(H,16,18). The number of nitrogens with one attached hydrogen (secondary N) is 1. The maximum atomic E-state index is 12.0. The summed E-state index contributed by atoms with van der Waals surface area (Å²) >= 11 is 5.91. The average molecular weight is 301 g/mol. The molecule has 20 heavy (non-hydrogen) atoms. The van der Waals surface area contributed by atoms with Crippen molar-refractivity contribution in [2.24, 2.45) is 0 Å². The molecule has 1 aromatic rings. The van der Waals surface area contributed by atoms with Crippen LogP contribution in [-0.4, -0.2) is 55.8 Å². The van der Waals surface area contributed by atoms with Crippen molar-refractivity contribution < 1.29 is 14.6 Å². The van der Waals surface area contributed by atoms with Crippen molar-refractivity contribution >= 4 is 17.5 Å². The highest BCUT2D eigenvalue weighted by molar-refractivity contribution is 6.32. The molecule has 112 valence electrons. The second-order valence-corrected chi connectivity index (χ2v) is 5.67. The van der Waals surface area contributed by atoms with Crippen molar-refractivity contribution in [1.82, 2.24) is 10.2 Å². The molecule has 0 saturated heterocycles. The van der Waals surface area contributed by atoms with Crippen molar-refractivity contribution in [2.45, 2.75) is 12.5 Å². The number of aliphatic hydroxyl groups is 1. The molecule has 0 aliphatic carbocycles. The van der Waals surface area contributed by atoms with Gasteiger partial charge in [0.05, 0.1) is 17.7 Å². The van der Waals surface area contributed by atoms with Crippen molar-refractivity contribution in [3.8, 4) is 5.75 Å². The molecule has 0 aliphatic rings. The summed E-state index contributed by atoms with van der Waals surface area (Å²) in [5.41, 5.74) is -0.553. The molecular weight excluding hydrogens is 280 g/mol. The second kappa shape index (κ2) is 6.92. The number of carbonyl (C=O) groups is 1. The van der Waals surface area contributed by atoms with Gasteiger partial charge in [0.1, 0.15) is 5.75 Å². The summed E-state index contributed by atoms with van der Waals surface area (Å²) in [6.45, 7) is 2.29. The Morgan fingerprint density at radius 3 is 2.70 bits per heavy atom. The third-order valence-corrected chi connectivity index (χ3v) is 3.01. The molecule has 0 aliphatic heterocycles. The van der Waals surface area contributed by atoms with Crippen LogP contribution in [0.4, 0.5) is 0 Å². The fourth-order valence-corrected chi connectivity index (χ4v) is 2.11. The molecule has 0 saturated carbocycles. The molecule has 1 unspecified atom stereocenters. The summed E-state index contributed by atoms with van der Waals surface area (Å²) in [6, 6.07) is 4.78. The maximum Gasteiger partial charge on any atom is 0.251 e. The van der Waals surface area contributed by atoms with Gasteiger partial charge in [-0.15, -0.1) is 0 Å². The zero-order valence-corrected chi connectivity index (χ0v) is 13.0. The van der Waals surface area contributed by atoms with Gasteiger partial charge in [-0.2, -0.15) is 0 Å². The van der Waals surface area contributed by atoms with Crippen LogP contribution in [0, 0.1) is 0 Å². The van der Waals surface area contributed by atoms with Crippen LogP contribution in [0.1, 0.15) is 17.3 Å². The molecule has 0 spiro atoms. The van der Waals surface area contributed by atoms with Gasteiger partial charge in [-0.3, -0.25) is 4.79 Å². The molecule has 1 atom stereocenters. The second-order valence-electron chi connectivity index (χ2n) is 5.27. The van der Waals surface area contributed by atoms with Crippen LogP contribution in [0.5, 0.6) is 5.75 Å². The fraction of sp³-hybridized carbons (Fsp3) is 0.500. The molecule has 5 nitrogen and oxygen atoms in total. The molecule has 1 rings (SSSR count). The summed E-state index contributed by atoms with van der Waals surface area (Å²) in [5.74, 6) is 0.165. The van der Waals surface area contributed by atoms with E-state index >= 15 is 0 Å². The number of benzene rings is 1. The van der Waals surface area contributed by atoms with E-state index in [-0.39, 0.29) is 12.5 Å². The smallest absolute Gasteiger partial charge is 0.251 e. The van der Waals surface area contributed by atoms with Crippen molar-refractivity contribution in [1.29, 1.82) is 0 Å². The van der Waals surface area contributed by atoms with Crippen LogP contribution in [0.15, 0.2) is 18.2 Å². The Morgan fingerprint density at radius 1 is 1.50 bits per heavy atom. The van der Waals surface area contributed by atoms with E-state index in [2.05, 4.69) is 5.32 Å². The average Bonchev–Trinajstić information content (AvgIpc) is 2.35. The number of likely N-dealkylation sites (N-methyl/N-ethyl adjacent to an activating group) is 1. The molecule has 0 heterocycles. The third-order valence-electron chi connectivity index (χ3n) is 2.70. The number of hydrogen-bond donors (Lipinski definition) is 2. The monoisotopic (exact) mass is 300 g/mol. The van der Waals surface area contributed by atoms with Gasteiger partial charge in [0.15, 0.2) is 0 Å². The minimum absolute atomic E-state index is 0.162.